The van der Waals surface area contributed by atoms with Gasteiger partial charge in [0.2, 0.25) is 16.0 Å². The lowest BCUT2D eigenvalue weighted by Crippen LogP contribution is -2.60. The summed E-state index contributed by atoms with van der Waals surface area (Å²) in [4.78, 5) is 4.62. The monoisotopic (exact) mass is 461 g/mol. The Labute approximate surface area is 184 Å². The summed E-state index contributed by atoms with van der Waals surface area (Å²) in [5.41, 5.74) is 2.47. The fourth-order valence-corrected chi connectivity index (χ4v) is 5.63. The van der Waals surface area contributed by atoms with E-state index in [0.29, 0.717) is 5.02 Å². The maximum Gasteiger partial charge on any atom is 0.239 e. The highest BCUT2D eigenvalue weighted by molar-refractivity contribution is 7.89. The number of guanidine groups is 1. The highest BCUT2D eigenvalue weighted by Crippen LogP contribution is 2.32. The van der Waals surface area contributed by atoms with Gasteiger partial charge in [0, 0.05) is 28.7 Å². The van der Waals surface area contributed by atoms with Gasteiger partial charge in [-0.05, 0) is 36.8 Å². The van der Waals surface area contributed by atoms with Gasteiger partial charge < -0.3 is 10.6 Å². The van der Waals surface area contributed by atoms with Crippen LogP contribution in [-0.2, 0) is 15.6 Å². The summed E-state index contributed by atoms with van der Waals surface area (Å²) in [5.74, 6) is -0.282. The number of nitrogens with one attached hydrogen (secondary N) is 3. The van der Waals surface area contributed by atoms with Gasteiger partial charge in [0.15, 0.2) is 5.13 Å². The second-order valence-corrected chi connectivity index (χ2v) is 10.6. The molecule has 1 aliphatic rings. The van der Waals surface area contributed by atoms with Crippen LogP contribution in [0.3, 0.4) is 0 Å². The van der Waals surface area contributed by atoms with Crippen molar-refractivity contribution in [3.05, 3.63) is 64.5 Å². The van der Waals surface area contributed by atoms with Gasteiger partial charge in [0.1, 0.15) is 0 Å². The van der Waals surface area contributed by atoms with Crippen LogP contribution in [0.4, 0.5) is 10.8 Å². The Hall–Kier alpha value is -2.62. The van der Waals surface area contributed by atoms with Crippen molar-refractivity contribution < 1.29 is 8.42 Å². The minimum atomic E-state index is -3.56. The molecule has 0 aliphatic carbocycles. The number of nitrogens with zero attached hydrogens (tertiary/aromatic N) is 2. The highest BCUT2D eigenvalue weighted by Gasteiger charge is 2.41. The van der Waals surface area contributed by atoms with Crippen molar-refractivity contribution >= 4 is 49.7 Å². The molecule has 7 nitrogen and oxygen atoms in total. The SMILES string of the molecule is CN1C(=N)N[C@](C)(c2cccc(Nc3nc(-c4ccc(Cl)cc4)cs3)c2)CS1(=O)=O. The average Bonchev–Trinajstić information content (AvgIpc) is 3.15. The minimum absolute atomic E-state index is 0.139. The lowest BCUT2D eigenvalue weighted by atomic mass is 9.93. The Morgan fingerprint density at radius 3 is 2.70 bits per heavy atom. The third-order valence-electron chi connectivity index (χ3n) is 4.99. The first-order chi connectivity index (χ1) is 14.2. The molecule has 1 aromatic heterocycles. The molecular formula is C20H20ClN5O2S2. The second-order valence-electron chi connectivity index (χ2n) is 7.28. The van der Waals surface area contributed by atoms with Crippen LogP contribution in [0.2, 0.25) is 5.02 Å². The number of hydrogen-bond donors (Lipinski definition) is 3. The van der Waals surface area contributed by atoms with E-state index >= 15 is 0 Å². The van der Waals surface area contributed by atoms with Crippen LogP contribution in [-0.4, -0.2) is 36.5 Å². The van der Waals surface area contributed by atoms with E-state index in [2.05, 4.69) is 15.6 Å². The molecule has 3 aromatic rings. The van der Waals surface area contributed by atoms with Crippen LogP contribution in [0.1, 0.15) is 12.5 Å². The molecule has 0 spiro atoms. The van der Waals surface area contributed by atoms with Crippen molar-refractivity contribution in [1.82, 2.24) is 14.6 Å². The van der Waals surface area contributed by atoms with Crippen molar-refractivity contribution in [3.63, 3.8) is 0 Å². The standard InChI is InChI=1S/C20H20ClN5O2S2/c1-20(12-30(27,28)26(2)18(22)25-20)14-4-3-5-16(10-14)23-19-24-17(11-29-19)13-6-8-15(21)9-7-13/h3-11H,12H2,1-2H3,(H2,22,25)(H,23,24)/t20-/m0/s1. The number of benzene rings is 2. The van der Waals surface area contributed by atoms with Crippen LogP contribution in [0.5, 0.6) is 0 Å². The Morgan fingerprint density at radius 1 is 1.27 bits per heavy atom. The summed E-state index contributed by atoms with van der Waals surface area (Å²) >= 11 is 7.42. The van der Waals surface area contributed by atoms with Crippen molar-refractivity contribution in [2.24, 2.45) is 0 Å². The van der Waals surface area contributed by atoms with Gasteiger partial charge in [-0.3, -0.25) is 5.41 Å². The van der Waals surface area contributed by atoms with E-state index in [1.165, 1.54) is 18.4 Å². The molecule has 1 atom stereocenters. The van der Waals surface area contributed by atoms with E-state index in [1.54, 1.807) is 6.92 Å². The van der Waals surface area contributed by atoms with Crippen molar-refractivity contribution in [2.75, 3.05) is 18.1 Å². The average molecular weight is 462 g/mol. The van der Waals surface area contributed by atoms with Crippen molar-refractivity contribution in [2.45, 2.75) is 12.5 Å². The molecule has 1 fully saturated rings. The number of hydrogen-bond acceptors (Lipinski definition) is 6. The zero-order valence-corrected chi connectivity index (χ0v) is 18.7. The first-order valence-electron chi connectivity index (χ1n) is 9.09. The molecule has 156 valence electrons. The van der Waals surface area contributed by atoms with E-state index in [4.69, 9.17) is 17.0 Å². The molecule has 3 N–H and O–H groups in total. The van der Waals surface area contributed by atoms with Crippen molar-refractivity contribution in [3.8, 4) is 11.3 Å². The Bertz CT molecular complexity index is 1210. The number of rotatable bonds is 4. The molecule has 2 aromatic carbocycles. The van der Waals surface area contributed by atoms with Gasteiger partial charge >= 0.3 is 0 Å². The minimum Gasteiger partial charge on any atom is -0.345 e. The third-order valence-corrected chi connectivity index (χ3v) is 7.96. The van der Waals surface area contributed by atoms with E-state index in [1.807, 2.05) is 53.9 Å². The fraction of sp³-hybridized carbons (Fsp3) is 0.200. The van der Waals surface area contributed by atoms with E-state index in [-0.39, 0.29) is 11.7 Å². The fourth-order valence-electron chi connectivity index (χ4n) is 3.28. The molecule has 10 heteroatoms. The Kier molecular flexibility index (Phi) is 5.21. The smallest absolute Gasteiger partial charge is 0.239 e. The van der Waals surface area contributed by atoms with Gasteiger partial charge in [-0.1, -0.05) is 35.9 Å². The van der Waals surface area contributed by atoms with Crippen LogP contribution in [0.15, 0.2) is 53.9 Å². The molecule has 4 rings (SSSR count). The summed E-state index contributed by atoms with van der Waals surface area (Å²) in [7, 11) is -2.18. The summed E-state index contributed by atoms with van der Waals surface area (Å²) in [5, 5.41) is 17.6. The normalized spacial score (nSPS) is 20.6. The molecule has 30 heavy (non-hydrogen) atoms. The lowest BCUT2D eigenvalue weighted by molar-refractivity contribution is 0.418. The number of anilines is 2. The first kappa shape index (κ1) is 20.6. The zero-order chi connectivity index (χ0) is 21.5. The van der Waals surface area contributed by atoms with Gasteiger partial charge in [0.05, 0.1) is 17.0 Å². The highest BCUT2D eigenvalue weighted by atomic mass is 35.5. The van der Waals surface area contributed by atoms with E-state index in [0.717, 1.165) is 31.9 Å². The summed E-state index contributed by atoms with van der Waals surface area (Å²) in [6.45, 7) is 1.78. The van der Waals surface area contributed by atoms with Gasteiger partial charge in [-0.2, -0.15) is 0 Å². The number of aromatic nitrogens is 1. The molecule has 1 aliphatic heterocycles. The van der Waals surface area contributed by atoms with Crippen LogP contribution < -0.4 is 10.6 Å². The molecule has 0 unspecified atom stereocenters. The second kappa shape index (κ2) is 7.57. The predicted octanol–water partition coefficient (Wildman–Crippen LogP) is 4.22. The quantitative estimate of drug-likeness (QED) is 0.540. The maximum atomic E-state index is 12.4. The van der Waals surface area contributed by atoms with Gasteiger partial charge in [0.25, 0.3) is 0 Å². The topological polar surface area (TPSA) is 98.2 Å². The summed E-state index contributed by atoms with van der Waals surface area (Å²) < 4.78 is 25.8. The maximum absolute atomic E-state index is 12.4. The third kappa shape index (κ3) is 4.00. The largest absolute Gasteiger partial charge is 0.345 e. The predicted molar refractivity (Wildman–Crippen MR) is 122 cm³/mol. The molecule has 0 radical (unpaired) electrons. The molecule has 0 saturated carbocycles. The molecule has 1 saturated heterocycles. The Balaban J connectivity index is 1.57. The van der Waals surface area contributed by atoms with Crippen LogP contribution in [0, 0.1) is 5.41 Å². The number of thiazole rings is 1. The Morgan fingerprint density at radius 2 is 2.00 bits per heavy atom. The number of halogens is 1. The van der Waals surface area contributed by atoms with Crippen LogP contribution >= 0.6 is 22.9 Å². The molecule has 2 heterocycles. The van der Waals surface area contributed by atoms with E-state index in [9.17, 15) is 8.42 Å². The van der Waals surface area contributed by atoms with Gasteiger partial charge in [-0.15, -0.1) is 11.3 Å². The molecule has 0 amide bonds. The van der Waals surface area contributed by atoms with Crippen LogP contribution in [0.25, 0.3) is 11.3 Å². The summed E-state index contributed by atoms with van der Waals surface area (Å²) in [6.07, 6.45) is 0. The zero-order valence-electron chi connectivity index (χ0n) is 16.3. The first-order valence-corrected chi connectivity index (χ1v) is 12.0. The number of sulfonamides is 1. The van der Waals surface area contributed by atoms with Gasteiger partial charge in [-0.25, -0.2) is 17.7 Å². The van der Waals surface area contributed by atoms with Crippen molar-refractivity contribution in [1.29, 1.82) is 5.41 Å². The van der Waals surface area contributed by atoms with E-state index < -0.39 is 15.6 Å². The lowest BCUT2D eigenvalue weighted by Gasteiger charge is -2.40. The summed E-state index contributed by atoms with van der Waals surface area (Å²) in [6, 6.07) is 15.0. The molecular weight excluding hydrogens is 442 g/mol. The molecule has 0 bridgehead atoms.